The van der Waals surface area contributed by atoms with Gasteiger partial charge in [-0.2, -0.15) is 0 Å². The van der Waals surface area contributed by atoms with Crippen LogP contribution in [0.2, 0.25) is 0 Å². The fourth-order valence-corrected chi connectivity index (χ4v) is 5.16. The van der Waals surface area contributed by atoms with E-state index in [1.54, 1.807) is 16.2 Å². The van der Waals surface area contributed by atoms with Crippen LogP contribution in [0.4, 0.5) is 0 Å². The van der Waals surface area contributed by atoms with Crippen LogP contribution in [0, 0.1) is 17.8 Å². The van der Waals surface area contributed by atoms with Gasteiger partial charge in [0.2, 0.25) is 11.8 Å². The second-order valence-corrected chi connectivity index (χ2v) is 8.28. The van der Waals surface area contributed by atoms with Crippen molar-refractivity contribution in [3.8, 4) is 0 Å². The molecule has 126 valence electrons. The summed E-state index contributed by atoms with van der Waals surface area (Å²) < 4.78 is 0. The van der Waals surface area contributed by atoms with Crippen LogP contribution in [0.25, 0.3) is 0 Å². The molecular weight excluding hydrogens is 308 g/mol. The summed E-state index contributed by atoms with van der Waals surface area (Å²) in [4.78, 5) is 30.3. The van der Waals surface area contributed by atoms with Gasteiger partial charge in [-0.1, -0.05) is 19.9 Å². The molecule has 23 heavy (non-hydrogen) atoms. The Kier molecular flexibility index (Phi) is 4.76. The summed E-state index contributed by atoms with van der Waals surface area (Å²) in [5.41, 5.74) is 0. The normalized spacial score (nSPS) is 32.2. The molecule has 5 heteroatoms. The van der Waals surface area contributed by atoms with Crippen molar-refractivity contribution in [1.29, 1.82) is 0 Å². The minimum absolute atomic E-state index is 0.101. The number of carbonyl (C=O) groups excluding carboxylic acids is 2. The number of carbonyl (C=O) groups is 2. The third-order valence-electron chi connectivity index (χ3n) is 5.19. The van der Waals surface area contributed by atoms with E-state index >= 15 is 0 Å². The van der Waals surface area contributed by atoms with Gasteiger partial charge in [-0.3, -0.25) is 9.59 Å². The van der Waals surface area contributed by atoms with E-state index in [2.05, 4.69) is 13.8 Å². The molecule has 1 aromatic rings. The first-order valence-electron chi connectivity index (χ1n) is 8.55. The van der Waals surface area contributed by atoms with Crippen LogP contribution in [0.15, 0.2) is 17.5 Å². The van der Waals surface area contributed by atoms with Crippen LogP contribution >= 0.6 is 11.3 Å². The summed E-state index contributed by atoms with van der Waals surface area (Å²) in [6.07, 6.45) is 2.35. The zero-order chi connectivity index (χ0) is 16.6. The minimum atomic E-state index is -0.103. The second-order valence-electron chi connectivity index (χ2n) is 7.30. The Morgan fingerprint density at radius 1 is 1.26 bits per heavy atom. The third kappa shape index (κ3) is 3.30. The first kappa shape index (κ1) is 16.5. The summed E-state index contributed by atoms with van der Waals surface area (Å²) in [6, 6.07) is 3.95. The lowest BCUT2D eigenvalue weighted by Crippen LogP contribution is -2.50. The third-order valence-corrected chi connectivity index (χ3v) is 6.14. The molecule has 2 amide bonds. The molecule has 2 aliphatic heterocycles. The van der Waals surface area contributed by atoms with Gasteiger partial charge in [-0.25, -0.2) is 0 Å². The number of piperidine rings is 2. The monoisotopic (exact) mass is 334 g/mol. The molecular formula is C18H26N2O2S. The van der Waals surface area contributed by atoms with Crippen LogP contribution in [0.3, 0.4) is 0 Å². The number of hydrogen-bond donors (Lipinski definition) is 0. The maximum absolute atomic E-state index is 13.2. The number of amides is 2. The van der Waals surface area contributed by atoms with Crippen LogP contribution in [0.1, 0.15) is 44.0 Å². The van der Waals surface area contributed by atoms with E-state index in [0.29, 0.717) is 24.7 Å². The summed E-state index contributed by atoms with van der Waals surface area (Å²) in [6.45, 7) is 6.16. The van der Waals surface area contributed by atoms with Crippen LogP contribution < -0.4 is 0 Å². The van der Waals surface area contributed by atoms with E-state index in [1.165, 1.54) is 6.42 Å². The van der Waals surface area contributed by atoms with Gasteiger partial charge in [0.25, 0.3) is 0 Å². The molecule has 3 heterocycles. The van der Waals surface area contributed by atoms with Gasteiger partial charge in [0, 0.05) is 31.4 Å². The average Bonchev–Trinajstić information content (AvgIpc) is 3.02. The van der Waals surface area contributed by atoms with Crippen molar-refractivity contribution in [2.45, 2.75) is 39.2 Å². The topological polar surface area (TPSA) is 40.6 Å². The molecule has 0 aliphatic carbocycles. The molecule has 4 atom stereocenters. The highest BCUT2D eigenvalue weighted by Gasteiger charge is 2.42. The summed E-state index contributed by atoms with van der Waals surface area (Å²) in [5.74, 6) is 1.40. The van der Waals surface area contributed by atoms with Gasteiger partial charge in [0.05, 0.1) is 12.0 Å². The lowest BCUT2D eigenvalue weighted by molar-refractivity contribution is -0.148. The first-order valence-corrected chi connectivity index (χ1v) is 9.43. The number of hydrogen-bond acceptors (Lipinski definition) is 3. The lowest BCUT2D eigenvalue weighted by atomic mass is 9.85. The first-order chi connectivity index (χ1) is 11.0. The van der Waals surface area contributed by atoms with Crippen molar-refractivity contribution in [1.82, 2.24) is 9.80 Å². The summed E-state index contributed by atoms with van der Waals surface area (Å²) in [7, 11) is 1.84. The van der Waals surface area contributed by atoms with Crippen molar-refractivity contribution in [3.63, 3.8) is 0 Å². The van der Waals surface area contributed by atoms with Gasteiger partial charge in [0.15, 0.2) is 0 Å². The maximum atomic E-state index is 13.2. The molecule has 0 spiro atoms. The predicted molar refractivity (Wildman–Crippen MR) is 92.1 cm³/mol. The fourth-order valence-electron chi connectivity index (χ4n) is 4.22. The van der Waals surface area contributed by atoms with E-state index in [0.717, 1.165) is 18.0 Å². The van der Waals surface area contributed by atoms with Crippen molar-refractivity contribution in [2.75, 3.05) is 20.1 Å². The molecule has 2 aliphatic rings. The van der Waals surface area contributed by atoms with Crippen LogP contribution in [-0.4, -0.2) is 41.8 Å². The van der Waals surface area contributed by atoms with Crippen LogP contribution in [0.5, 0.6) is 0 Å². The molecule has 0 aromatic carbocycles. The Hall–Kier alpha value is -1.36. The van der Waals surface area contributed by atoms with E-state index in [-0.39, 0.29) is 23.8 Å². The molecule has 0 N–H and O–H groups in total. The molecule has 0 radical (unpaired) electrons. The zero-order valence-electron chi connectivity index (χ0n) is 14.2. The molecule has 0 bridgehead atoms. The largest absolute Gasteiger partial charge is 0.342 e. The smallest absolute Gasteiger partial charge is 0.228 e. The zero-order valence-corrected chi connectivity index (χ0v) is 15.0. The maximum Gasteiger partial charge on any atom is 0.228 e. The van der Waals surface area contributed by atoms with Crippen molar-refractivity contribution < 1.29 is 9.59 Å². The summed E-state index contributed by atoms with van der Waals surface area (Å²) in [5, 5.41) is 2.02. The predicted octanol–water partition coefficient (Wildman–Crippen LogP) is 3.16. The Morgan fingerprint density at radius 2 is 1.96 bits per heavy atom. The van der Waals surface area contributed by atoms with Crippen molar-refractivity contribution in [2.24, 2.45) is 17.8 Å². The number of nitrogens with zero attached hydrogens (tertiary/aromatic N) is 2. The second kappa shape index (κ2) is 6.63. The molecule has 0 saturated carbocycles. The highest BCUT2D eigenvalue weighted by Crippen LogP contribution is 2.39. The Morgan fingerprint density at radius 3 is 2.57 bits per heavy atom. The quantitative estimate of drug-likeness (QED) is 0.833. The van der Waals surface area contributed by atoms with Crippen molar-refractivity contribution in [3.05, 3.63) is 22.4 Å². The lowest BCUT2D eigenvalue weighted by Gasteiger charge is -2.42. The van der Waals surface area contributed by atoms with Crippen molar-refractivity contribution >= 4 is 23.2 Å². The number of thiophene rings is 1. The van der Waals surface area contributed by atoms with Gasteiger partial charge >= 0.3 is 0 Å². The number of likely N-dealkylation sites (tertiary alicyclic amines) is 2. The molecule has 3 rings (SSSR count). The molecule has 2 saturated heterocycles. The average molecular weight is 334 g/mol. The SMILES string of the molecule is C[C@@H]1C[C@H](C)CN(C(=O)[C@@H]2CCC(=O)N(C)[C@H]2c2cccs2)C1. The summed E-state index contributed by atoms with van der Waals surface area (Å²) >= 11 is 1.64. The Labute approximate surface area is 142 Å². The highest BCUT2D eigenvalue weighted by atomic mass is 32.1. The van der Waals surface area contributed by atoms with Crippen LogP contribution in [-0.2, 0) is 9.59 Å². The molecule has 0 unspecified atom stereocenters. The molecule has 4 nitrogen and oxygen atoms in total. The minimum Gasteiger partial charge on any atom is -0.342 e. The fraction of sp³-hybridized carbons (Fsp3) is 0.667. The van der Waals surface area contributed by atoms with Gasteiger partial charge < -0.3 is 9.80 Å². The highest BCUT2D eigenvalue weighted by molar-refractivity contribution is 7.10. The van der Waals surface area contributed by atoms with Gasteiger partial charge in [0.1, 0.15) is 0 Å². The van der Waals surface area contributed by atoms with E-state index in [9.17, 15) is 9.59 Å². The molecule has 2 fully saturated rings. The van der Waals surface area contributed by atoms with E-state index in [4.69, 9.17) is 0 Å². The van der Waals surface area contributed by atoms with E-state index < -0.39 is 0 Å². The Balaban J connectivity index is 1.84. The van der Waals surface area contributed by atoms with E-state index in [1.807, 2.05) is 29.5 Å². The van der Waals surface area contributed by atoms with Gasteiger partial charge in [-0.15, -0.1) is 11.3 Å². The number of rotatable bonds is 2. The Bertz CT molecular complexity index is 562. The standard InChI is InChI=1S/C18H26N2O2S/c1-12-9-13(2)11-20(10-12)18(22)14-6-7-16(21)19(3)17(14)15-5-4-8-23-15/h4-5,8,12-14,17H,6-7,9-11H2,1-3H3/t12-,13+,14-,17-/m1/s1. The molecule has 1 aromatic heterocycles. The van der Waals surface area contributed by atoms with Gasteiger partial charge in [-0.05, 0) is 36.1 Å².